The van der Waals surface area contributed by atoms with Crippen LogP contribution in [0, 0.1) is 0 Å². The Labute approximate surface area is 172 Å². The van der Waals surface area contributed by atoms with Crippen molar-refractivity contribution >= 4 is 17.5 Å². The van der Waals surface area contributed by atoms with E-state index >= 15 is 0 Å². The summed E-state index contributed by atoms with van der Waals surface area (Å²) in [6, 6.07) is 15.0. The van der Waals surface area contributed by atoms with Gasteiger partial charge in [-0.3, -0.25) is 0 Å². The van der Waals surface area contributed by atoms with Gasteiger partial charge in [0.2, 0.25) is 0 Å². The number of halogens is 1. The Balaban J connectivity index is 1.64. The lowest BCUT2D eigenvalue weighted by Gasteiger charge is -2.36. The van der Waals surface area contributed by atoms with E-state index in [0.29, 0.717) is 29.9 Å². The molecule has 1 aliphatic rings. The number of carbonyl (C=O) groups is 1. The molecule has 4 N–H and O–H groups in total. The molecule has 2 heterocycles. The van der Waals surface area contributed by atoms with E-state index in [-0.39, 0.29) is 29.6 Å². The molecule has 2 atom stereocenters. The molecule has 154 valence electrons. The number of anilines is 2. The summed E-state index contributed by atoms with van der Waals surface area (Å²) in [5.41, 5.74) is 8.63. The van der Waals surface area contributed by atoms with Gasteiger partial charge in [0.1, 0.15) is 11.9 Å². The van der Waals surface area contributed by atoms with Crippen LogP contribution in [-0.4, -0.2) is 45.6 Å². The minimum atomic E-state index is -1.08. The first-order valence-electron chi connectivity index (χ1n) is 9.56. The van der Waals surface area contributed by atoms with Crippen molar-refractivity contribution in [3.63, 3.8) is 0 Å². The number of benzene rings is 2. The summed E-state index contributed by atoms with van der Waals surface area (Å²) in [7, 11) is 0. The maximum absolute atomic E-state index is 14.6. The van der Waals surface area contributed by atoms with Crippen LogP contribution in [0.4, 0.5) is 15.9 Å². The van der Waals surface area contributed by atoms with Crippen molar-refractivity contribution in [2.45, 2.75) is 18.5 Å². The number of nitrogens with two attached hydrogens (primary N) is 1. The van der Waals surface area contributed by atoms with Crippen LogP contribution in [0.25, 0.3) is 11.3 Å². The second-order valence-corrected chi connectivity index (χ2v) is 7.38. The van der Waals surface area contributed by atoms with Gasteiger partial charge < -0.3 is 20.8 Å². The van der Waals surface area contributed by atoms with Gasteiger partial charge in [-0.2, -0.15) is 0 Å². The number of aromatic carboxylic acids is 1. The number of phenolic OH excluding ortho intramolecular Hbond substituents is 1. The summed E-state index contributed by atoms with van der Waals surface area (Å²) in [6.45, 7) is 0.669. The summed E-state index contributed by atoms with van der Waals surface area (Å²) in [6.07, 6.45) is -0.739. The van der Waals surface area contributed by atoms with Crippen LogP contribution < -0.4 is 10.6 Å². The van der Waals surface area contributed by atoms with Crippen molar-refractivity contribution in [1.29, 1.82) is 0 Å². The van der Waals surface area contributed by atoms with E-state index in [1.165, 1.54) is 12.1 Å². The normalized spacial score (nSPS) is 18.9. The highest BCUT2D eigenvalue weighted by atomic mass is 19.1. The van der Waals surface area contributed by atoms with Gasteiger partial charge in [-0.15, -0.1) is 10.2 Å². The Bertz CT molecular complexity index is 1070. The van der Waals surface area contributed by atoms with E-state index in [2.05, 4.69) is 10.2 Å². The van der Waals surface area contributed by atoms with Crippen LogP contribution in [0.15, 0.2) is 54.6 Å². The van der Waals surface area contributed by atoms with Crippen molar-refractivity contribution in [2.75, 3.05) is 23.7 Å². The average Bonchev–Trinajstić information content (AvgIpc) is 2.74. The summed E-state index contributed by atoms with van der Waals surface area (Å²) < 4.78 is 14.6. The van der Waals surface area contributed by atoms with Crippen LogP contribution in [0.5, 0.6) is 5.75 Å². The molecule has 8 heteroatoms. The first-order valence-corrected chi connectivity index (χ1v) is 9.56. The van der Waals surface area contributed by atoms with Gasteiger partial charge >= 0.3 is 5.97 Å². The van der Waals surface area contributed by atoms with E-state index in [0.717, 1.165) is 5.56 Å². The fraction of sp³-hybridized carbons (Fsp3) is 0.227. The molecule has 0 radical (unpaired) electrons. The van der Waals surface area contributed by atoms with Crippen molar-refractivity contribution < 1.29 is 19.4 Å². The largest absolute Gasteiger partial charge is 0.507 e. The van der Waals surface area contributed by atoms with E-state index in [1.807, 2.05) is 4.90 Å². The first kappa shape index (κ1) is 19.6. The predicted molar refractivity (Wildman–Crippen MR) is 111 cm³/mol. The Morgan fingerprint density at radius 3 is 2.53 bits per heavy atom. The highest BCUT2D eigenvalue weighted by molar-refractivity contribution is 5.87. The summed E-state index contributed by atoms with van der Waals surface area (Å²) >= 11 is 0. The van der Waals surface area contributed by atoms with Crippen molar-refractivity contribution in [3.8, 4) is 17.0 Å². The van der Waals surface area contributed by atoms with Gasteiger partial charge in [0.15, 0.2) is 5.82 Å². The molecule has 2 aromatic carbocycles. The number of piperidine rings is 1. The molecule has 1 aliphatic heterocycles. The van der Waals surface area contributed by atoms with Crippen molar-refractivity contribution in [1.82, 2.24) is 10.2 Å². The number of nitrogen functional groups attached to an aromatic ring is 1. The maximum atomic E-state index is 14.6. The van der Waals surface area contributed by atoms with Crippen molar-refractivity contribution in [2.24, 2.45) is 0 Å². The van der Waals surface area contributed by atoms with Crippen LogP contribution >= 0.6 is 0 Å². The van der Waals surface area contributed by atoms with Crippen LogP contribution in [0.1, 0.15) is 28.3 Å². The van der Waals surface area contributed by atoms with E-state index < -0.39 is 12.1 Å². The lowest BCUT2D eigenvalue weighted by molar-refractivity contribution is 0.0697. The minimum absolute atomic E-state index is 0.0703. The van der Waals surface area contributed by atoms with Crippen LogP contribution in [0.3, 0.4) is 0 Å². The minimum Gasteiger partial charge on any atom is -0.507 e. The molecule has 0 amide bonds. The molecule has 1 saturated heterocycles. The number of hydrogen-bond acceptors (Lipinski definition) is 6. The Kier molecular flexibility index (Phi) is 5.22. The lowest BCUT2D eigenvalue weighted by Crippen LogP contribution is -2.41. The lowest BCUT2D eigenvalue weighted by atomic mass is 9.89. The number of nitrogens with zero attached hydrogens (tertiary/aromatic N) is 3. The number of carboxylic acid groups (broad SMARTS) is 1. The average molecular weight is 408 g/mol. The molecule has 3 aromatic rings. The molecule has 7 nitrogen and oxygen atoms in total. The zero-order valence-corrected chi connectivity index (χ0v) is 16.1. The van der Waals surface area contributed by atoms with Gasteiger partial charge in [-0.05, 0) is 42.3 Å². The number of aromatic nitrogens is 2. The zero-order valence-electron chi connectivity index (χ0n) is 16.1. The molecule has 0 saturated carbocycles. The standard InChI is InChI=1S/C22H21FN4O3/c23-16-9-15(13-5-7-14(8-6-13)22(29)30)11-27(12-16)19-10-18(25-26-21(19)24)17-3-1-2-4-20(17)28/h1-8,10,15-16,28H,9,11-12H2,(H2,24,26)(H,29,30)/t15-,16+/m0/s1. The number of alkyl halides is 1. The van der Waals surface area contributed by atoms with E-state index in [1.54, 1.807) is 42.5 Å². The Morgan fingerprint density at radius 2 is 1.83 bits per heavy atom. The zero-order chi connectivity index (χ0) is 21.3. The number of rotatable bonds is 4. The molecule has 0 bridgehead atoms. The van der Waals surface area contributed by atoms with Gasteiger partial charge in [-0.25, -0.2) is 9.18 Å². The number of phenols is 1. The van der Waals surface area contributed by atoms with E-state index in [9.17, 15) is 14.3 Å². The summed E-state index contributed by atoms with van der Waals surface area (Å²) in [4.78, 5) is 12.9. The molecular weight excluding hydrogens is 387 g/mol. The van der Waals surface area contributed by atoms with Gasteiger partial charge in [0, 0.05) is 24.6 Å². The van der Waals surface area contributed by atoms with Gasteiger partial charge in [0.05, 0.1) is 16.9 Å². The van der Waals surface area contributed by atoms with E-state index in [4.69, 9.17) is 10.8 Å². The van der Waals surface area contributed by atoms with Crippen LogP contribution in [0.2, 0.25) is 0 Å². The number of carboxylic acids is 1. The predicted octanol–water partition coefficient (Wildman–Crippen LogP) is 3.46. The molecular formula is C22H21FN4O3. The molecule has 1 aromatic heterocycles. The third-order valence-corrected chi connectivity index (χ3v) is 5.35. The number of para-hydroxylation sites is 1. The highest BCUT2D eigenvalue weighted by Gasteiger charge is 2.30. The summed E-state index contributed by atoms with van der Waals surface area (Å²) in [5.74, 6) is -0.871. The van der Waals surface area contributed by atoms with Crippen LogP contribution in [-0.2, 0) is 0 Å². The Hall–Kier alpha value is -3.68. The highest BCUT2D eigenvalue weighted by Crippen LogP contribution is 2.36. The molecule has 0 spiro atoms. The van der Waals surface area contributed by atoms with Gasteiger partial charge in [-0.1, -0.05) is 24.3 Å². The molecule has 30 heavy (non-hydrogen) atoms. The number of aromatic hydroxyl groups is 1. The fourth-order valence-electron chi connectivity index (χ4n) is 3.84. The number of hydrogen-bond donors (Lipinski definition) is 3. The second-order valence-electron chi connectivity index (χ2n) is 7.38. The third kappa shape index (κ3) is 3.89. The van der Waals surface area contributed by atoms with Gasteiger partial charge in [0.25, 0.3) is 0 Å². The SMILES string of the molecule is Nc1nnc(-c2ccccc2O)cc1N1C[C@H](F)C[C@H](c2ccc(C(=O)O)cc2)C1. The third-order valence-electron chi connectivity index (χ3n) is 5.35. The smallest absolute Gasteiger partial charge is 0.335 e. The Morgan fingerprint density at radius 1 is 1.10 bits per heavy atom. The molecule has 1 fully saturated rings. The van der Waals surface area contributed by atoms with Crippen molar-refractivity contribution in [3.05, 3.63) is 65.7 Å². The molecule has 0 aliphatic carbocycles. The summed E-state index contributed by atoms with van der Waals surface area (Å²) in [5, 5.41) is 27.3. The quantitative estimate of drug-likeness (QED) is 0.606. The maximum Gasteiger partial charge on any atom is 0.335 e. The monoisotopic (exact) mass is 408 g/mol. The first-order chi connectivity index (χ1) is 14.4. The molecule has 4 rings (SSSR count). The topological polar surface area (TPSA) is 113 Å². The fourth-order valence-corrected chi connectivity index (χ4v) is 3.84. The second kappa shape index (κ2) is 7.98. The molecule has 0 unspecified atom stereocenters.